The highest BCUT2D eigenvalue weighted by atomic mass is 32.1. The summed E-state index contributed by atoms with van der Waals surface area (Å²) in [6.07, 6.45) is 0.541. The fourth-order valence-corrected chi connectivity index (χ4v) is 3.64. The first-order valence-corrected chi connectivity index (χ1v) is 10.8. The zero-order valence-electron chi connectivity index (χ0n) is 17.4. The van der Waals surface area contributed by atoms with Crippen LogP contribution >= 0.6 is 11.3 Å². The molecule has 2 aromatic carbocycles. The number of carbonyl (C=O) groups is 2. The second kappa shape index (κ2) is 10.7. The molecule has 3 aromatic rings. The summed E-state index contributed by atoms with van der Waals surface area (Å²) in [4.78, 5) is 28.5. The van der Waals surface area contributed by atoms with E-state index in [-0.39, 0.29) is 17.4 Å². The third-order valence-electron chi connectivity index (χ3n) is 4.35. The summed E-state index contributed by atoms with van der Waals surface area (Å²) in [5, 5.41) is 7.88. The maximum atomic E-state index is 13.1. The standard InChI is InChI=1S/C23H24FN3O3S/c1-15-9-16(2)11-19(10-15)30-13-21-27-20(14-31-21)23(29)26-8-4-7-25-22(28)17-5-3-6-18(24)12-17/h3,5-6,9-12,14H,4,7-8,13H2,1-2H3,(H,25,28)(H,26,29). The average molecular weight is 442 g/mol. The van der Waals surface area contributed by atoms with Gasteiger partial charge in [-0.2, -0.15) is 0 Å². The normalized spacial score (nSPS) is 10.5. The minimum Gasteiger partial charge on any atom is -0.486 e. The van der Waals surface area contributed by atoms with Gasteiger partial charge >= 0.3 is 0 Å². The molecule has 0 aliphatic carbocycles. The molecule has 1 aromatic heterocycles. The predicted octanol–water partition coefficient (Wildman–Crippen LogP) is 4.03. The van der Waals surface area contributed by atoms with Crippen LogP contribution in [-0.2, 0) is 6.61 Å². The monoisotopic (exact) mass is 441 g/mol. The van der Waals surface area contributed by atoms with Gasteiger partial charge in [0, 0.05) is 24.0 Å². The van der Waals surface area contributed by atoms with Crippen molar-refractivity contribution in [3.63, 3.8) is 0 Å². The van der Waals surface area contributed by atoms with Gasteiger partial charge in [0.15, 0.2) is 0 Å². The number of hydrogen-bond donors (Lipinski definition) is 2. The van der Waals surface area contributed by atoms with Gasteiger partial charge in [0.05, 0.1) is 0 Å². The number of carbonyl (C=O) groups excluding carboxylic acids is 2. The van der Waals surface area contributed by atoms with Gasteiger partial charge in [-0.3, -0.25) is 9.59 Å². The first-order valence-electron chi connectivity index (χ1n) is 9.88. The highest BCUT2D eigenvalue weighted by molar-refractivity contribution is 7.09. The van der Waals surface area contributed by atoms with E-state index in [9.17, 15) is 14.0 Å². The Morgan fingerprint density at radius 3 is 2.45 bits per heavy atom. The van der Waals surface area contributed by atoms with Crippen LogP contribution in [0.1, 0.15) is 43.4 Å². The van der Waals surface area contributed by atoms with Crippen LogP contribution in [0.25, 0.3) is 0 Å². The second-order valence-corrected chi connectivity index (χ2v) is 8.06. The van der Waals surface area contributed by atoms with E-state index in [0.717, 1.165) is 16.9 Å². The number of aromatic nitrogens is 1. The van der Waals surface area contributed by atoms with Gasteiger partial charge in [-0.25, -0.2) is 9.37 Å². The van der Waals surface area contributed by atoms with Crippen molar-refractivity contribution in [2.75, 3.05) is 13.1 Å². The van der Waals surface area contributed by atoms with Gasteiger partial charge in [0.1, 0.15) is 28.9 Å². The van der Waals surface area contributed by atoms with E-state index in [0.29, 0.717) is 36.8 Å². The zero-order chi connectivity index (χ0) is 22.2. The molecule has 3 rings (SSSR count). The van der Waals surface area contributed by atoms with Crippen LogP contribution in [0.2, 0.25) is 0 Å². The molecular formula is C23H24FN3O3S. The van der Waals surface area contributed by atoms with Crippen molar-refractivity contribution in [1.29, 1.82) is 0 Å². The van der Waals surface area contributed by atoms with Crippen LogP contribution in [0, 0.1) is 19.7 Å². The van der Waals surface area contributed by atoms with Crippen LogP contribution in [0.5, 0.6) is 5.75 Å². The number of benzene rings is 2. The van der Waals surface area contributed by atoms with Crippen molar-refractivity contribution in [3.05, 3.63) is 81.1 Å². The molecule has 162 valence electrons. The Bertz CT molecular complexity index is 1050. The van der Waals surface area contributed by atoms with E-state index >= 15 is 0 Å². The molecule has 0 saturated heterocycles. The Kier molecular flexibility index (Phi) is 7.72. The first-order chi connectivity index (χ1) is 14.9. The van der Waals surface area contributed by atoms with Crippen molar-refractivity contribution in [3.8, 4) is 5.75 Å². The maximum Gasteiger partial charge on any atom is 0.270 e. The van der Waals surface area contributed by atoms with Crippen molar-refractivity contribution in [2.24, 2.45) is 0 Å². The van der Waals surface area contributed by atoms with Crippen LogP contribution in [0.3, 0.4) is 0 Å². The van der Waals surface area contributed by atoms with E-state index in [1.165, 1.54) is 29.5 Å². The Balaban J connectivity index is 1.38. The van der Waals surface area contributed by atoms with E-state index in [2.05, 4.69) is 21.7 Å². The lowest BCUT2D eigenvalue weighted by molar-refractivity contribution is 0.0948. The van der Waals surface area contributed by atoms with Crippen molar-refractivity contribution < 1.29 is 18.7 Å². The van der Waals surface area contributed by atoms with Gasteiger partial charge in [-0.1, -0.05) is 12.1 Å². The van der Waals surface area contributed by atoms with Gasteiger partial charge in [0.25, 0.3) is 11.8 Å². The summed E-state index contributed by atoms with van der Waals surface area (Å²) < 4.78 is 18.9. The first kappa shape index (κ1) is 22.4. The molecule has 2 amide bonds. The van der Waals surface area contributed by atoms with Crippen molar-refractivity contribution >= 4 is 23.2 Å². The molecular weight excluding hydrogens is 417 g/mol. The predicted molar refractivity (Wildman–Crippen MR) is 118 cm³/mol. The number of aryl methyl sites for hydroxylation is 2. The van der Waals surface area contributed by atoms with Gasteiger partial charge in [-0.15, -0.1) is 11.3 Å². The second-order valence-electron chi connectivity index (χ2n) is 7.11. The lowest BCUT2D eigenvalue weighted by Crippen LogP contribution is -2.30. The molecule has 0 bridgehead atoms. The SMILES string of the molecule is Cc1cc(C)cc(OCc2nc(C(=O)NCCCNC(=O)c3cccc(F)c3)cs2)c1. The summed E-state index contributed by atoms with van der Waals surface area (Å²) >= 11 is 1.37. The number of amides is 2. The molecule has 0 aliphatic rings. The quantitative estimate of drug-likeness (QED) is 0.492. The Hall–Kier alpha value is -3.26. The third kappa shape index (κ3) is 6.89. The lowest BCUT2D eigenvalue weighted by atomic mass is 10.1. The zero-order valence-corrected chi connectivity index (χ0v) is 18.2. The summed E-state index contributed by atoms with van der Waals surface area (Å²) in [5.74, 6) is -0.301. The largest absolute Gasteiger partial charge is 0.486 e. The number of thiazole rings is 1. The van der Waals surface area contributed by atoms with E-state index in [4.69, 9.17) is 4.74 Å². The molecule has 0 radical (unpaired) electrons. The third-order valence-corrected chi connectivity index (χ3v) is 5.18. The van der Waals surface area contributed by atoms with Crippen molar-refractivity contribution in [1.82, 2.24) is 15.6 Å². The smallest absolute Gasteiger partial charge is 0.270 e. The fraction of sp³-hybridized carbons (Fsp3) is 0.261. The Labute approximate surface area is 184 Å². The fourth-order valence-electron chi connectivity index (χ4n) is 2.96. The topological polar surface area (TPSA) is 80.3 Å². The van der Waals surface area contributed by atoms with E-state index in [1.54, 1.807) is 11.4 Å². The molecule has 0 unspecified atom stereocenters. The minimum atomic E-state index is -0.457. The highest BCUT2D eigenvalue weighted by Crippen LogP contribution is 2.19. The molecule has 0 saturated carbocycles. The molecule has 0 atom stereocenters. The van der Waals surface area contributed by atoms with Crippen LogP contribution in [0.15, 0.2) is 47.8 Å². The van der Waals surface area contributed by atoms with Gasteiger partial charge < -0.3 is 15.4 Å². The molecule has 31 heavy (non-hydrogen) atoms. The number of nitrogens with one attached hydrogen (secondary N) is 2. The number of halogens is 1. The molecule has 1 heterocycles. The van der Waals surface area contributed by atoms with Gasteiger partial charge in [0.2, 0.25) is 0 Å². The maximum absolute atomic E-state index is 13.1. The van der Waals surface area contributed by atoms with Crippen LogP contribution < -0.4 is 15.4 Å². The Morgan fingerprint density at radius 1 is 1.03 bits per heavy atom. The van der Waals surface area contributed by atoms with Gasteiger partial charge in [-0.05, 0) is 61.7 Å². The number of nitrogens with zero attached hydrogens (tertiary/aromatic N) is 1. The van der Waals surface area contributed by atoms with Crippen molar-refractivity contribution in [2.45, 2.75) is 26.9 Å². The molecule has 8 heteroatoms. The number of rotatable bonds is 9. The molecule has 6 nitrogen and oxygen atoms in total. The molecule has 0 spiro atoms. The lowest BCUT2D eigenvalue weighted by Gasteiger charge is -2.07. The summed E-state index contributed by atoms with van der Waals surface area (Å²) in [6, 6.07) is 11.5. The van der Waals surface area contributed by atoms with E-state index in [1.807, 2.05) is 26.0 Å². The van der Waals surface area contributed by atoms with Crippen LogP contribution in [0.4, 0.5) is 4.39 Å². The van der Waals surface area contributed by atoms with Crippen LogP contribution in [-0.4, -0.2) is 29.9 Å². The summed E-state index contributed by atoms with van der Waals surface area (Å²) in [6.45, 7) is 5.07. The number of hydrogen-bond acceptors (Lipinski definition) is 5. The number of ether oxygens (including phenoxy) is 1. The highest BCUT2D eigenvalue weighted by Gasteiger charge is 2.11. The molecule has 2 N–H and O–H groups in total. The summed E-state index contributed by atoms with van der Waals surface area (Å²) in [5.41, 5.74) is 2.86. The molecule has 0 aliphatic heterocycles. The summed E-state index contributed by atoms with van der Waals surface area (Å²) in [7, 11) is 0. The average Bonchev–Trinajstić information content (AvgIpc) is 3.20. The minimum absolute atomic E-state index is 0.266. The van der Waals surface area contributed by atoms with E-state index < -0.39 is 5.82 Å². The Morgan fingerprint density at radius 2 is 1.74 bits per heavy atom. The molecule has 0 fully saturated rings.